The molecule has 0 aliphatic carbocycles. The lowest BCUT2D eigenvalue weighted by atomic mass is 10.1. The highest BCUT2D eigenvalue weighted by atomic mass is 35.5. The predicted octanol–water partition coefficient (Wildman–Crippen LogP) is 2.56. The second kappa shape index (κ2) is 12.0. The Labute approximate surface area is 241 Å². The summed E-state index contributed by atoms with van der Waals surface area (Å²) < 4.78 is 47.7. The number of benzene rings is 1. The molecule has 12 nitrogen and oxygen atoms in total. The number of carbonyl (C=O) groups excluding carboxylic acids is 1. The summed E-state index contributed by atoms with van der Waals surface area (Å²) in [6, 6.07) is 7.52. The smallest absolute Gasteiger partial charge is 0.383 e. The highest BCUT2D eigenvalue weighted by Crippen LogP contribution is 2.25. The topological polar surface area (TPSA) is 133 Å². The van der Waals surface area contributed by atoms with Crippen molar-refractivity contribution in [1.82, 2.24) is 39.0 Å². The Morgan fingerprint density at radius 3 is 2.69 bits per heavy atom. The first kappa shape index (κ1) is 29.4. The van der Waals surface area contributed by atoms with Crippen LogP contribution in [0.1, 0.15) is 29.0 Å². The molecule has 0 saturated carbocycles. The standard InChI is InChI=1S/C26H26ClF3N8O4/c1-42-14-18-3-2-10-35(18)24(40)19-8-9-31-11-20(19)38-15-32-22(33-38)13-37-25(41)36(12-21(39)26(28,29)30)23(34-37)16-4-6-17(27)7-5-16/h4-9,11,15,18,21,39H,2-3,10,12-14H2,1H3. The van der Waals surface area contributed by atoms with Gasteiger partial charge in [-0.15, -0.1) is 10.2 Å². The molecule has 1 aliphatic rings. The minimum Gasteiger partial charge on any atom is -0.383 e. The number of hydrogen-bond acceptors (Lipinski definition) is 8. The van der Waals surface area contributed by atoms with E-state index >= 15 is 0 Å². The summed E-state index contributed by atoms with van der Waals surface area (Å²) in [5.41, 5.74) is 0.111. The molecule has 0 bridgehead atoms. The van der Waals surface area contributed by atoms with Gasteiger partial charge in [-0.05, 0) is 43.2 Å². The van der Waals surface area contributed by atoms with Crippen LogP contribution in [0, 0.1) is 0 Å². The van der Waals surface area contributed by atoms with Crippen LogP contribution in [0.15, 0.2) is 53.8 Å². The normalized spacial score (nSPS) is 16.2. The molecule has 1 aliphatic heterocycles. The molecule has 4 aromatic rings. The fraction of sp³-hybridized carbons (Fsp3) is 0.385. The van der Waals surface area contributed by atoms with Gasteiger partial charge in [-0.1, -0.05) is 11.6 Å². The van der Waals surface area contributed by atoms with Gasteiger partial charge >= 0.3 is 11.9 Å². The van der Waals surface area contributed by atoms with Gasteiger partial charge in [-0.25, -0.2) is 19.1 Å². The van der Waals surface area contributed by atoms with Crippen LogP contribution in [0.5, 0.6) is 0 Å². The molecule has 16 heteroatoms. The Bertz CT molecular complexity index is 1620. The zero-order chi connectivity index (χ0) is 30.0. The lowest BCUT2D eigenvalue weighted by Gasteiger charge is -2.24. The van der Waals surface area contributed by atoms with E-state index in [1.807, 2.05) is 0 Å². The van der Waals surface area contributed by atoms with Crippen LogP contribution in [0.25, 0.3) is 17.1 Å². The van der Waals surface area contributed by atoms with Gasteiger partial charge in [0.1, 0.15) is 12.9 Å². The summed E-state index contributed by atoms with van der Waals surface area (Å²) in [6.07, 6.45) is -1.76. The van der Waals surface area contributed by atoms with Crippen LogP contribution >= 0.6 is 11.6 Å². The maximum atomic E-state index is 13.4. The van der Waals surface area contributed by atoms with Crippen molar-refractivity contribution in [2.75, 3.05) is 20.3 Å². The summed E-state index contributed by atoms with van der Waals surface area (Å²) in [5.74, 6) is -0.216. The van der Waals surface area contributed by atoms with Gasteiger partial charge in [0, 0.05) is 30.4 Å². The third-order valence-electron chi connectivity index (χ3n) is 6.86. The van der Waals surface area contributed by atoms with E-state index in [0.29, 0.717) is 35.0 Å². The fourth-order valence-electron chi connectivity index (χ4n) is 4.79. The molecule has 2 atom stereocenters. The number of alkyl halides is 3. The van der Waals surface area contributed by atoms with Crippen molar-refractivity contribution < 1.29 is 27.8 Å². The average Bonchev–Trinajstić information content (AvgIpc) is 3.69. The van der Waals surface area contributed by atoms with E-state index in [1.54, 1.807) is 18.1 Å². The molecule has 1 saturated heterocycles. The zero-order valence-corrected chi connectivity index (χ0v) is 23.0. The minimum atomic E-state index is -4.95. The van der Waals surface area contributed by atoms with E-state index < -0.39 is 24.5 Å². The van der Waals surface area contributed by atoms with E-state index in [9.17, 15) is 27.9 Å². The molecule has 0 radical (unpaired) electrons. The van der Waals surface area contributed by atoms with Crippen molar-refractivity contribution >= 4 is 17.5 Å². The Morgan fingerprint density at radius 1 is 1.21 bits per heavy atom. The number of likely N-dealkylation sites (tertiary alicyclic amines) is 1. The zero-order valence-electron chi connectivity index (χ0n) is 22.3. The molecule has 1 fully saturated rings. The van der Waals surface area contributed by atoms with Gasteiger partial charge < -0.3 is 14.7 Å². The van der Waals surface area contributed by atoms with E-state index in [-0.39, 0.29) is 30.1 Å². The third kappa shape index (κ3) is 6.07. The third-order valence-corrected chi connectivity index (χ3v) is 7.12. The average molecular weight is 607 g/mol. The van der Waals surface area contributed by atoms with E-state index in [0.717, 1.165) is 22.1 Å². The maximum absolute atomic E-state index is 13.4. The van der Waals surface area contributed by atoms with Crippen LogP contribution in [0.3, 0.4) is 0 Å². The van der Waals surface area contributed by atoms with Gasteiger partial charge in [-0.2, -0.15) is 13.2 Å². The van der Waals surface area contributed by atoms with Gasteiger partial charge in [0.25, 0.3) is 5.91 Å². The molecule has 1 aromatic carbocycles. The Hall–Kier alpha value is -4.08. The molecule has 222 valence electrons. The molecule has 4 heterocycles. The van der Waals surface area contributed by atoms with Gasteiger partial charge in [0.05, 0.1) is 36.6 Å². The summed E-state index contributed by atoms with van der Waals surface area (Å²) in [4.78, 5) is 36.7. The first-order valence-corrected chi connectivity index (χ1v) is 13.3. The predicted molar refractivity (Wildman–Crippen MR) is 143 cm³/mol. The molecular weight excluding hydrogens is 581 g/mol. The number of rotatable bonds is 9. The van der Waals surface area contributed by atoms with Crippen LogP contribution in [-0.4, -0.2) is 88.6 Å². The summed E-state index contributed by atoms with van der Waals surface area (Å²) in [7, 11) is 1.58. The highest BCUT2D eigenvalue weighted by Gasteiger charge is 2.39. The number of hydrogen-bond donors (Lipinski definition) is 1. The van der Waals surface area contributed by atoms with E-state index in [4.69, 9.17) is 16.3 Å². The van der Waals surface area contributed by atoms with Crippen molar-refractivity contribution in [2.24, 2.45) is 0 Å². The van der Waals surface area contributed by atoms with Crippen LogP contribution in [0.4, 0.5) is 13.2 Å². The minimum absolute atomic E-state index is 0.0532. The molecule has 2 unspecified atom stereocenters. The fourth-order valence-corrected chi connectivity index (χ4v) is 4.92. The first-order valence-electron chi connectivity index (χ1n) is 12.9. The molecule has 1 amide bonds. The summed E-state index contributed by atoms with van der Waals surface area (Å²) in [5, 5.41) is 18.7. The highest BCUT2D eigenvalue weighted by molar-refractivity contribution is 6.30. The number of amides is 1. The van der Waals surface area contributed by atoms with Crippen molar-refractivity contribution in [3.63, 3.8) is 0 Å². The number of pyridine rings is 1. The second-order valence-corrected chi connectivity index (χ2v) is 10.1. The molecule has 5 rings (SSSR count). The Kier molecular flexibility index (Phi) is 8.43. The Morgan fingerprint density at radius 2 is 1.98 bits per heavy atom. The van der Waals surface area contributed by atoms with E-state index in [2.05, 4.69) is 20.2 Å². The van der Waals surface area contributed by atoms with Crippen molar-refractivity contribution in [3.8, 4) is 17.1 Å². The molecule has 3 aromatic heterocycles. The molecule has 0 spiro atoms. The van der Waals surface area contributed by atoms with Gasteiger partial charge in [-0.3, -0.25) is 14.3 Å². The second-order valence-electron chi connectivity index (χ2n) is 9.69. The van der Waals surface area contributed by atoms with Gasteiger partial charge in [0.2, 0.25) is 0 Å². The van der Waals surface area contributed by atoms with Crippen molar-refractivity contribution in [1.29, 1.82) is 0 Å². The number of methoxy groups -OCH3 is 1. The lowest BCUT2D eigenvalue weighted by Crippen LogP contribution is -2.38. The number of aliphatic hydroxyl groups excluding tert-OH is 1. The number of ether oxygens (including phenoxy) is 1. The first-order chi connectivity index (χ1) is 20.1. The number of nitrogens with zero attached hydrogens (tertiary/aromatic N) is 8. The molecule has 1 N–H and O–H groups in total. The van der Waals surface area contributed by atoms with Crippen LogP contribution < -0.4 is 5.69 Å². The number of carbonyl (C=O) groups is 1. The van der Waals surface area contributed by atoms with Crippen LogP contribution in [0.2, 0.25) is 5.02 Å². The molecular formula is C26H26ClF3N8O4. The van der Waals surface area contributed by atoms with Crippen LogP contribution in [-0.2, 0) is 17.8 Å². The monoisotopic (exact) mass is 606 g/mol. The Balaban J connectivity index is 1.45. The lowest BCUT2D eigenvalue weighted by molar-refractivity contribution is -0.207. The number of halogens is 4. The number of aliphatic hydroxyl groups is 1. The van der Waals surface area contributed by atoms with Gasteiger partial charge in [0.15, 0.2) is 17.8 Å². The van der Waals surface area contributed by atoms with Crippen molar-refractivity contribution in [3.05, 3.63) is 75.9 Å². The maximum Gasteiger partial charge on any atom is 0.416 e. The molecule has 42 heavy (non-hydrogen) atoms. The largest absolute Gasteiger partial charge is 0.416 e. The van der Waals surface area contributed by atoms with Crippen molar-refractivity contribution in [2.45, 2.75) is 44.3 Å². The SMILES string of the molecule is COCC1CCCN1C(=O)c1ccncc1-n1cnc(Cn2nc(-c3ccc(Cl)cc3)n(CC(O)C(F)(F)F)c2=O)n1. The number of aromatic nitrogens is 7. The quantitative estimate of drug-likeness (QED) is 0.307. The summed E-state index contributed by atoms with van der Waals surface area (Å²) in [6.45, 7) is -0.363. The van der Waals surface area contributed by atoms with E-state index in [1.165, 1.54) is 47.7 Å². The summed E-state index contributed by atoms with van der Waals surface area (Å²) >= 11 is 5.93.